The molecule has 2 N–H and O–H groups in total. The summed E-state index contributed by atoms with van der Waals surface area (Å²) in [5, 5.41) is 5.74. The Balaban J connectivity index is 1.68. The van der Waals surface area contributed by atoms with Crippen molar-refractivity contribution in [1.29, 1.82) is 0 Å². The first kappa shape index (κ1) is 25.3. The van der Waals surface area contributed by atoms with Crippen molar-refractivity contribution < 1.29 is 22.8 Å². The minimum Gasteiger partial charge on any atom is -0.348 e. The first-order valence-corrected chi connectivity index (χ1v) is 11.8. The lowest BCUT2D eigenvalue weighted by atomic mass is 9.82. The fraction of sp³-hybridized carbons (Fsp3) is 0.286. The predicted molar refractivity (Wildman–Crippen MR) is 134 cm³/mol. The maximum atomic E-state index is 13.6. The Morgan fingerprint density at radius 2 is 1.61 bits per heavy atom. The van der Waals surface area contributed by atoms with Crippen molar-refractivity contribution in [3.8, 4) is 0 Å². The number of alkyl halides is 3. The number of hydrogen-bond acceptors (Lipinski definition) is 3. The molecule has 1 aliphatic heterocycles. The van der Waals surface area contributed by atoms with Crippen LogP contribution in [-0.4, -0.2) is 24.0 Å². The number of hydrogen-bond donors (Lipinski definition) is 2. The molecule has 2 amide bonds. The highest BCUT2D eigenvalue weighted by molar-refractivity contribution is 5.98. The van der Waals surface area contributed by atoms with E-state index in [0.29, 0.717) is 24.9 Å². The van der Waals surface area contributed by atoms with Gasteiger partial charge in [-0.15, -0.1) is 0 Å². The summed E-state index contributed by atoms with van der Waals surface area (Å²) in [5.41, 5.74) is -0.506. The molecule has 4 rings (SSSR count). The molecule has 5 nitrogen and oxygen atoms in total. The molecule has 1 fully saturated rings. The van der Waals surface area contributed by atoms with Gasteiger partial charge >= 0.3 is 6.18 Å². The van der Waals surface area contributed by atoms with E-state index in [0.717, 1.165) is 11.8 Å². The average molecular weight is 496 g/mol. The monoisotopic (exact) mass is 495 g/mol. The Morgan fingerprint density at radius 1 is 0.972 bits per heavy atom. The number of aryl methyl sites for hydroxylation is 1. The minimum absolute atomic E-state index is 0.0616. The molecule has 2 unspecified atom stereocenters. The molecule has 2 atom stereocenters. The van der Waals surface area contributed by atoms with Gasteiger partial charge in [0.2, 0.25) is 5.91 Å². The molecule has 0 aromatic heterocycles. The normalized spacial score (nSPS) is 20.0. The van der Waals surface area contributed by atoms with Crippen LogP contribution in [0.5, 0.6) is 0 Å². The van der Waals surface area contributed by atoms with Crippen molar-refractivity contribution in [2.45, 2.75) is 38.5 Å². The molecule has 1 aliphatic rings. The lowest BCUT2D eigenvalue weighted by Crippen LogP contribution is -2.67. The lowest BCUT2D eigenvalue weighted by molar-refractivity contribution is -0.138. The van der Waals surface area contributed by atoms with E-state index in [1.165, 1.54) is 19.1 Å². The summed E-state index contributed by atoms with van der Waals surface area (Å²) in [7, 11) is 0. The fourth-order valence-electron chi connectivity index (χ4n) is 4.83. The van der Waals surface area contributed by atoms with Gasteiger partial charge in [0, 0.05) is 23.5 Å². The summed E-state index contributed by atoms with van der Waals surface area (Å²) in [5.74, 6) is -1.52. The number of nitrogens with zero attached hydrogens (tertiary/aromatic N) is 1. The number of benzene rings is 3. The van der Waals surface area contributed by atoms with Crippen LogP contribution in [0.3, 0.4) is 0 Å². The second-order valence-corrected chi connectivity index (χ2v) is 9.17. The van der Waals surface area contributed by atoms with E-state index in [1.807, 2.05) is 41.3 Å². The second kappa shape index (κ2) is 10.0. The molecule has 36 heavy (non-hydrogen) atoms. The van der Waals surface area contributed by atoms with Crippen molar-refractivity contribution in [3.05, 3.63) is 95.6 Å². The van der Waals surface area contributed by atoms with E-state index in [9.17, 15) is 22.8 Å². The van der Waals surface area contributed by atoms with E-state index >= 15 is 0 Å². The van der Waals surface area contributed by atoms with Crippen molar-refractivity contribution in [3.63, 3.8) is 0 Å². The Kier molecular flexibility index (Phi) is 7.06. The molecule has 1 saturated heterocycles. The maximum absolute atomic E-state index is 13.6. The molecule has 188 valence electrons. The molecule has 8 heteroatoms. The van der Waals surface area contributed by atoms with Crippen molar-refractivity contribution in [1.82, 2.24) is 5.32 Å². The highest BCUT2D eigenvalue weighted by atomic mass is 19.4. The molecule has 0 saturated carbocycles. The van der Waals surface area contributed by atoms with Gasteiger partial charge in [0.05, 0.1) is 11.5 Å². The maximum Gasteiger partial charge on any atom is 0.416 e. The zero-order valence-corrected chi connectivity index (χ0v) is 20.1. The Labute approximate surface area is 208 Å². The van der Waals surface area contributed by atoms with Crippen LogP contribution in [0.15, 0.2) is 78.9 Å². The number of anilines is 2. The molecule has 0 aliphatic carbocycles. The van der Waals surface area contributed by atoms with Crippen molar-refractivity contribution >= 4 is 23.2 Å². The number of nitrogens with one attached hydrogen (secondary N) is 2. The first-order chi connectivity index (χ1) is 17.1. The molecule has 3 aromatic rings. The van der Waals surface area contributed by atoms with Crippen LogP contribution in [0.1, 0.15) is 41.3 Å². The first-order valence-electron chi connectivity index (χ1n) is 11.8. The van der Waals surface area contributed by atoms with Gasteiger partial charge in [0.1, 0.15) is 5.66 Å². The van der Waals surface area contributed by atoms with Crippen molar-refractivity contribution in [2.24, 2.45) is 5.92 Å². The summed E-state index contributed by atoms with van der Waals surface area (Å²) in [6.07, 6.45) is -3.40. The Morgan fingerprint density at radius 3 is 2.25 bits per heavy atom. The van der Waals surface area contributed by atoms with Crippen LogP contribution in [0.2, 0.25) is 0 Å². The summed E-state index contributed by atoms with van der Waals surface area (Å²) in [4.78, 5) is 28.8. The van der Waals surface area contributed by atoms with Gasteiger partial charge in [-0.3, -0.25) is 9.59 Å². The Hall–Kier alpha value is -3.81. The van der Waals surface area contributed by atoms with Crippen LogP contribution < -0.4 is 15.5 Å². The summed E-state index contributed by atoms with van der Waals surface area (Å²) >= 11 is 0. The minimum atomic E-state index is -4.53. The zero-order valence-electron chi connectivity index (χ0n) is 20.1. The highest BCUT2D eigenvalue weighted by Gasteiger charge is 2.47. The van der Waals surface area contributed by atoms with Crippen LogP contribution in [0, 0.1) is 12.8 Å². The molecule has 0 radical (unpaired) electrons. The topological polar surface area (TPSA) is 61.4 Å². The van der Waals surface area contributed by atoms with Crippen LogP contribution in [-0.2, 0) is 11.0 Å². The van der Waals surface area contributed by atoms with Gasteiger partial charge in [0.25, 0.3) is 5.91 Å². The number of carbonyl (C=O) groups excluding carboxylic acids is 2. The van der Waals surface area contributed by atoms with E-state index in [-0.39, 0.29) is 17.2 Å². The highest BCUT2D eigenvalue weighted by Crippen LogP contribution is 2.38. The number of halogens is 3. The quantitative estimate of drug-likeness (QED) is 0.455. The number of carbonyl (C=O) groups is 2. The van der Waals surface area contributed by atoms with E-state index in [2.05, 4.69) is 10.6 Å². The largest absolute Gasteiger partial charge is 0.416 e. The molecular weight excluding hydrogens is 467 g/mol. The number of para-hydroxylation sites is 1. The van der Waals surface area contributed by atoms with Crippen LogP contribution >= 0.6 is 0 Å². The molecule has 1 heterocycles. The third-order valence-corrected chi connectivity index (χ3v) is 6.71. The van der Waals surface area contributed by atoms with Gasteiger partial charge in [0.15, 0.2) is 0 Å². The smallest absolute Gasteiger partial charge is 0.348 e. The summed E-state index contributed by atoms with van der Waals surface area (Å²) < 4.78 is 40.3. The van der Waals surface area contributed by atoms with Gasteiger partial charge in [-0.25, -0.2) is 0 Å². The molecule has 0 bridgehead atoms. The second-order valence-electron chi connectivity index (χ2n) is 9.17. The standard InChI is InChI=1S/C28H28F3N3O2/c1-19-15-16-21(18-24(19)28(29,30)31)32-26(36)23-14-9-17-34(22-12-7-4-8-13-22)27(23,2)33-25(35)20-10-5-3-6-11-20/h3-8,10-13,15-16,18,23H,9,14,17H2,1-2H3,(H,32,36)(H,33,35). The SMILES string of the molecule is Cc1ccc(NC(=O)C2CCCN(c3ccccc3)C2(C)NC(=O)c2ccccc2)cc1C(F)(F)F. The zero-order chi connectivity index (χ0) is 25.9. The number of piperidine rings is 1. The predicted octanol–water partition coefficient (Wildman–Crippen LogP) is 6.02. The van der Waals surface area contributed by atoms with Gasteiger partial charge in [-0.2, -0.15) is 13.2 Å². The van der Waals surface area contributed by atoms with Crippen molar-refractivity contribution in [2.75, 3.05) is 16.8 Å². The fourth-order valence-corrected chi connectivity index (χ4v) is 4.83. The summed E-state index contributed by atoms with van der Waals surface area (Å²) in [6, 6.07) is 21.9. The molecular formula is C28H28F3N3O2. The van der Waals surface area contributed by atoms with E-state index in [1.54, 1.807) is 31.2 Å². The van der Waals surface area contributed by atoms with Gasteiger partial charge < -0.3 is 15.5 Å². The van der Waals surface area contributed by atoms with Crippen LogP contribution in [0.25, 0.3) is 0 Å². The average Bonchev–Trinajstić information content (AvgIpc) is 2.85. The molecule has 3 aromatic carbocycles. The third kappa shape index (κ3) is 5.22. The number of rotatable bonds is 5. The number of amides is 2. The third-order valence-electron chi connectivity index (χ3n) is 6.71. The molecule has 0 spiro atoms. The van der Waals surface area contributed by atoms with E-state index < -0.39 is 29.2 Å². The van der Waals surface area contributed by atoms with Gasteiger partial charge in [-0.1, -0.05) is 42.5 Å². The van der Waals surface area contributed by atoms with Gasteiger partial charge in [-0.05, 0) is 68.7 Å². The lowest BCUT2D eigenvalue weighted by Gasteiger charge is -2.50. The summed E-state index contributed by atoms with van der Waals surface area (Å²) in [6.45, 7) is 3.77. The van der Waals surface area contributed by atoms with Crippen LogP contribution in [0.4, 0.5) is 24.5 Å². The Bertz CT molecular complexity index is 1230. The van der Waals surface area contributed by atoms with E-state index in [4.69, 9.17) is 0 Å².